The minimum atomic E-state index is -4.68. The molecule has 0 bridgehead atoms. The van der Waals surface area contributed by atoms with Crippen LogP contribution in [-0.2, 0) is 24.6 Å². The van der Waals surface area contributed by atoms with Gasteiger partial charge in [-0.15, -0.1) is 0 Å². The van der Waals surface area contributed by atoms with Crippen LogP contribution in [0.15, 0.2) is 10.9 Å². The molecule has 9 heteroatoms. The van der Waals surface area contributed by atoms with Gasteiger partial charge < -0.3 is 5.32 Å². The fourth-order valence-electron chi connectivity index (χ4n) is 2.44. The van der Waals surface area contributed by atoms with E-state index in [-0.39, 0.29) is 23.9 Å². The van der Waals surface area contributed by atoms with Gasteiger partial charge in [0.1, 0.15) is 6.54 Å². The fourth-order valence-corrected chi connectivity index (χ4v) is 2.44. The zero-order chi connectivity index (χ0) is 18.2. The summed E-state index contributed by atoms with van der Waals surface area (Å²) in [6, 6.07) is 0.752. The first-order valence-electron chi connectivity index (χ1n) is 7.50. The van der Waals surface area contributed by atoms with Gasteiger partial charge in [0, 0.05) is 18.8 Å². The van der Waals surface area contributed by atoms with Crippen molar-refractivity contribution in [3.05, 3.63) is 27.7 Å². The van der Waals surface area contributed by atoms with Crippen LogP contribution < -0.4 is 10.9 Å². The average molecular weight is 344 g/mol. The molecule has 2 aromatic rings. The van der Waals surface area contributed by atoms with E-state index in [9.17, 15) is 22.8 Å². The van der Waals surface area contributed by atoms with Crippen molar-refractivity contribution >= 4 is 16.9 Å². The quantitative estimate of drug-likeness (QED) is 0.922. The number of nitrogens with zero attached hydrogens (tertiary/aromatic N) is 3. The molecule has 2 aromatic heterocycles. The molecule has 0 aliphatic carbocycles. The molecule has 2 heterocycles. The van der Waals surface area contributed by atoms with Crippen molar-refractivity contribution in [2.45, 2.75) is 46.0 Å². The summed E-state index contributed by atoms with van der Waals surface area (Å²) in [4.78, 5) is 28.5. The Labute approximate surface area is 136 Å². The van der Waals surface area contributed by atoms with E-state index >= 15 is 0 Å². The third kappa shape index (κ3) is 3.29. The van der Waals surface area contributed by atoms with Gasteiger partial charge in [-0.05, 0) is 26.3 Å². The maximum absolute atomic E-state index is 13.2. The van der Waals surface area contributed by atoms with Gasteiger partial charge in [-0.25, -0.2) is 9.67 Å². The van der Waals surface area contributed by atoms with E-state index in [0.29, 0.717) is 6.42 Å². The van der Waals surface area contributed by atoms with E-state index in [1.807, 2.05) is 6.92 Å². The van der Waals surface area contributed by atoms with E-state index in [2.05, 4.69) is 10.3 Å². The lowest BCUT2D eigenvalue weighted by molar-refractivity contribution is -0.136. The molecule has 0 aliphatic heterocycles. The molecule has 0 radical (unpaired) electrons. The molecule has 6 nitrogen and oxygen atoms in total. The van der Waals surface area contributed by atoms with Gasteiger partial charge in [-0.1, -0.05) is 6.92 Å². The van der Waals surface area contributed by atoms with Crippen molar-refractivity contribution in [3.8, 4) is 0 Å². The topological polar surface area (TPSA) is 68.9 Å². The lowest BCUT2D eigenvalue weighted by Gasteiger charge is -2.12. The summed E-state index contributed by atoms with van der Waals surface area (Å²) < 4.78 is 41.9. The number of fused-ring (bicyclic) bond motifs is 1. The Morgan fingerprint density at radius 3 is 2.58 bits per heavy atom. The Bertz CT molecular complexity index is 836. The highest BCUT2D eigenvalue weighted by atomic mass is 19.4. The molecule has 1 N–H and O–H groups in total. The SMILES string of the molecule is CCC(C)NC(=O)Cn1c(=O)c2c(C(F)(F)F)cc(C)nc2n1C. The number of aryl methyl sites for hydroxylation is 2. The third-order valence-corrected chi connectivity index (χ3v) is 3.86. The van der Waals surface area contributed by atoms with Crippen LogP contribution in [0.2, 0.25) is 0 Å². The number of rotatable bonds is 4. The van der Waals surface area contributed by atoms with E-state index in [1.165, 1.54) is 18.7 Å². The minimum absolute atomic E-state index is 0.0889. The lowest BCUT2D eigenvalue weighted by atomic mass is 10.1. The van der Waals surface area contributed by atoms with Crippen LogP contribution in [0.5, 0.6) is 0 Å². The standard InChI is InChI=1S/C15H19F3N4O2/c1-5-8(2)19-11(23)7-22-14(24)12-10(15(16,17)18)6-9(3)20-13(12)21(22)4/h6,8H,5,7H2,1-4H3,(H,19,23). The highest BCUT2D eigenvalue weighted by molar-refractivity contribution is 5.81. The van der Waals surface area contributed by atoms with Crippen molar-refractivity contribution in [2.75, 3.05) is 0 Å². The van der Waals surface area contributed by atoms with Crippen LogP contribution in [0.4, 0.5) is 13.2 Å². The van der Waals surface area contributed by atoms with Crippen molar-refractivity contribution in [1.82, 2.24) is 19.7 Å². The molecule has 0 saturated heterocycles. The zero-order valence-electron chi connectivity index (χ0n) is 13.9. The number of nitrogens with one attached hydrogen (secondary N) is 1. The minimum Gasteiger partial charge on any atom is -0.352 e. The molecule has 0 saturated carbocycles. The molecule has 1 unspecified atom stereocenters. The second-order valence-corrected chi connectivity index (χ2v) is 5.77. The number of carbonyl (C=O) groups is 1. The number of aromatic nitrogens is 3. The van der Waals surface area contributed by atoms with Crippen LogP contribution in [-0.4, -0.2) is 26.3 Å². The summed E-state index contributed by atoms with van der Waals surface area (Å²) in [6.45, 7) is 4.74. The maximum atomic E-state index is 13.2. The summed E-state index contributed by atoms with van der Waals surface area (Å²) in [6.07, 6.45) is -3.97. The molecule has 24 heavy (non-hydrogen) atoms. The predicted octanol–water partition coefficient (Wildman–Crippen LogP) is 1.98. The Balaban J connectivity index is 2.58. The first-order valence-corrected chi connectivity index (χ1v) is 7.50. The van der Waals surface area contributed by atoms with Crippen LogP contribution in [0.3, 0.4) is 0 Å². The summed E-state index contributed by atoms with van der Waals surface area (Å²) in [5.41, 5.74) is -1.87. The molecule has 1 amide bonds. The monoisotopic (exact) mass is 344 g/mol. The molecule has 1 atom stereocenters. The second-order valence-electron chi connectivity index (χ2n) is 5.77. The van der Waals surface area contributed by atoms with E-state index in [4.69, 9.17) is 0 Å². The number of hydrogen-bond donors (Lipinski definition) is 1. The summed E-state index contributed by atoms with van der Waals surface area (Å²) in [5, 5.41) is 2.16. The first-order chi connectivity index (χ1) is 11.1. The molecular weight excluding hydrogens is 325 g/mol. The molecule has 0 aliphatic rings. The van der Waals surface area contributed by atoms with Gasteiger partial charge in [0.2, 0.25) is 5.91 Å². The van der Waals surface area contributed by atoms with Gasteiger partial charge in [-0.3, -0.25) is 14.3 Å². The molecule has 0 spiro atoms. The number of amides is 1. The molecule has 0 aromatic carbocycles. The van der Waals surface area contributed by atoms with Gasteiger partial charge in [0.25, 0.3) is 5.56 Å². The van der Waals surface area contributed by atoms with Crippen LogP contribution >= 0.6 is 0 Å². The smallest absolute Gasteiger partial charge is 0.352 e. The van der Waals surface area contributed by atoms with Crippen LogP contribution in [0.1, 0.15) is 31.5 Å². The number of hydrogen-bond acceptors (Lipinski definition) is 3. The Hall–Kier alpha value is -2.32. The van der Waals surface area contributed by atoms with Gasteiger partial charge in [0.05, 0.1) is 10.9 Å². The highest BCUT2D eigenvalue weighted by Crippen LogP contribution is 2.33. The molecule has 0 fully saturated rings. The molecule has 2 rings (SSSR count). The van der Waals surface area contributed by atoms with Crippen LogP contribution in [0.25, 0.3) is 11.0 Å². The van der Waals surface area contributed by atoms with Crippen molar-refractivity contribution in [2.24, 2.45) is 7.05 Å². The Morgan fingerprint density at radius 2 is 2.04 bits per heavy atom. The van der Waals surface area contributed by atoms with Crippen molar-refractivity contribution in [3.63, 3.8) is 0 Å². The van der Waals surface area contributed by atoms with E-state index < -0.39 is 28.6 Å². The fraction of sp³-hybridized carbons (Fsp3) is 0.533. The summed E-state index contributed by atoms with van der Waals surface area (Å²) in [5.74, 6) is -0.442. The average Bonchev–Trinajstić information content (AvgIpc) is 2.70. The molecule has 132 valence electrons. The predicted molar refractivity (Wildman–Crippen MR) is 82.6 cm³/mol. The zero-order valence-corrected chi connectivity index (χ0v) is 13.9. The highest BCUT2D eigenvalue weighted by Gasteiger charge is 2.36. The Morgan fingerprint density at radius 1 is 1.42 bits per heavy atom. The van der Waals surface area contributed by atoms with Gasteiger partial charge in [-0.2, -0.15) is 13.2 Å². The third-order valence-electron chi connectivity index (χ3n) is 3.86. The number of pyridine rings is 1. The second kappa shape index (κ2) is 6.29. The summed E-state index contributed by atoms with van der Waals surface area (Å²) >= 11 is 0. The van der Waals surface area contributed by atoms with Crippen molar-refractivity contribution in [1.29, 1.82) is 0 Å². The largest absolute Gasteiger partial charge is 0.417 e. The van der Waals surface area contributed by atoms with E-state index in [0.717, 1.165) is 10.7 Å². The van der Waals surface area contributed by atoms with Crippen LogP contribution in [0, 0.1) is 6.92 Å². The van der Waals surface area contributed by atoms with Gasteiger partial charge in [0.15, 0.2) is 5.65 Å². The number of halogens is 3. The first kappa shape index (κ1) is 18.0. The van der Waals surface area contributed by atoms with Crippen molar-refractivity contribution < 1.29 is 18.0 Å². The van der Waals surface area contributed by atoms with E-state index in [1.54, 1.807) is 6.92 Å². The number of carbonyl (C=O) groups excluding carboxylic acids is 1. The Kier molecular flexibility index (Phi) is 4.73. The van der Waals surface area contributed by atoms with Gasteiger partial charge >= 0.3 is 6.18 Å². The summed E-state index contributed by atoms with van der Waals surface area (Å²) in [7, 11) is 1.41. The molecular formula is C15H19F3N4O2. The lowest BCUT2D eigenvalue weighted by Crippen LogP contribution is -2.38. The number of alkyl halides is 3. The maximum Gasteiger partial charge on any atom is 0.417 e. The normalized spacial score (nSPS) is 13.3.